The fraction of sp³-hybridized carbons (Fsp3) is 0.778. The maximum absolute atomic E-state index is 10.9. The maximum Gasteiger partial charge on any atom is 0.220 e. The van der Waals surface area contributed by atoms with Crippen molar-refractivity contribution in [2.24, 2.45) is 4.99 Å². The zero-order chi connectivity index (χ0) is 9.97. The van der Waals surface area contributed by atoms with Crippen molar-refractivity contribution in [1.29, 1.82) is 0 Å². The van der Waals surface area contributed by atoms with Crippen molar-refractivity contribution in [2.45, 2.75) is 31.8 Å². The summed E-state index contributed by atoms with van der Waals surface area (Å²) in [6.07, 6.45) is 1.49. The number of aliphatic imine (C=N–C) groups is 1. The van der Waals surface area contributed by atoms with Gasteiger partial charge in [0.1, 0.15) is 0 Å². The first-order valence-corrected chi connectivity index (χ1v) is 5.96. The van der Waals surface area contributed by atoms with E-state index in [-0.39, 0.29) is 11.9 Å². The van der Waals surface area contributed by atoms with Crippen molar-refractivity contribution in [3.63, 3.8) is 0 Å². The monoisotopic (exact) mass is 213 g/mol. The first-order valence-electron chi connectivity index (χ1n) is 4.98. The Labute approximate surface area is 87.9 Å². The predicted molar refractivity (Wildman–Crippen MR) is 58.5 cm³/mol. The van der Waals surface area contributed by atoms with E-state index in [1.807, 2.05) is 0 Å². The second-order valence-corrected chi connectivity index (χ2v) is 4.80. The summed E-state index contributed by atoms with van der Waals surface area (Å²) >= 11 is 1.77. The number of hydrogen-bond acceptors (Lipinski definition) is 3. The Morgan fingerprint density at radius 1 is 1.57 bits per heavy atom. The minimum Gasteiger partial charge on any atom is -0.362 e. The van der Waals surface area contributed by atoms with Crippen LogP contribution in [0.2, 0.25) is 0 Å². The van der Waals surface area contributed by atoms with Gasteiger partial charge in [0.15, 0.2) is 5.17 Å². The lowest BCUT2D eigenvalue weighted by Crippen LogP contribution is -2.38. The molecule has 78 valence electrons. The molecule has 2 aliphatic rings. The van der Waals surface area contributed by atoms with E-state index in [1.54, 1.807) is 11.8 Å². The predicted octanol–water partition coefficient (Wildman–Crippen LogP) is 0.346. The summed E-state index contributed by atoms with van der Waals surface area (Å²) in [4.78, 5) is 15.5. The number of rotatable bonds is 1. The molecule has 2 rings (SSSR count). The molecule has 0 aromatic rings. The van der Waals surface area contributed by atoms with Crippen LogP contribution in [0.4, 0.5) is 0 Å². The van der Waals surface area contributed by atoms with Gasteiger partial charge in [0.05, 0.1) is 6.04 Å². The third-order valence-corrected chi connectivity index (χ3v) is 3.54. The van der Waals surface area contributed by atoms with Gasteiger partial charge in [-0.25, -0.2) is 0 Å². The topological polar surface area (TPSA) is 53.5 Å². The van der Waals surface area contributed by atoms with Crippen LogP contribution < -0.4 is 10.6 Å². The number of hydrogen-bond donors (Lipinski definition) is 2. The second-order valence-electron chi connectivity index (χ2n) is 3.79. The quantitative estimate of drug-likeness (QED) is 0.660. The summed E-state index contributed by atoms with van der Waals surface area (Å²) in [5, 5.41) is 7.19. The Bertz CT molecular complexity index is 257. The molecule has 0 bridgehead atoms. The van der Waals surface area contributed by atoms with Gasteiger partial charge in [-0.1, -0.05) is 11.8 Å². The van der Waals surface area contributed by atoms with Gasteiger partial charge in [0.2, 0.25) is 5.91 Å². The Balaban J connectivity index is 1.87. The number of nitrogens with one attached hydrogen (secondary N) is 2. The van der Waals surface area contributed by atoms with Crippen LogP contribution in [0, 0.1) is 0 Å². The smallest absolute Gasteiger partial charge is 0.220 e. The molecule has 0 aliphatic carbocycles. The molecule has 2 N–H and O–H groups in total. The highest BCUT2D eigenvalue weighted by atomic mass is 32.2. The van der Waals surface area contributed by atoms with E-state index in [0.717, 1.165) is 17.3 Å². The molecule has 2 aliphatic heterocycles. The number of amidine groups is 1. The van der Waals surface area contributed by atoms with Crippen LogP contribution in [0.5, 0.6) is 0 Å². The highest BCUT2D eigenvalue weighted by Crippen LogP contribution is 2.16. The molecule has 0 saturated carbocycles. The molecule has 2 atom stereocenters. The van der Waals surface area contributed by atoms with Crippen LogP contribution in [0.15, 0.2) is 4.99 Å². The molecular formula is C9H15N3OS. The molecule has 2 saturated heterocycles. The normalized spacial score (nSPS) is 35.5. The third kappa shape index (κ3) is 2.41. The van der Waals surface area contributed by atoms with Crippen LogP contribution in [-0.4, -0.2) is 35.5 Å². The zero-order valence-corrected chi connectivity index (χ0v) is 9.06. The van der Waals surface area contributed by atoms with Gasteiger partial charge in [0.25, 0.3) is 0 Å². The number of carbonyl (C=O) groups excluding carboxylic acids is 1. The first kappa shape index (κ1) is 9.83. The molecule has 2 heterocycles. The first-order chi connectivity index (χ1) is 6.74. The summed E-state index contributed by atoms with van der Waals surface area (Å²) in [6.45, 7) is 2.84. The van der Waals surface area contributed by atoms with E-state index < -0.39 is 0 Å². The molecule has 2 unspecified atom stereocenters. The van der Waals surface area contributed by atoms with Crippen LogP contribution in [-0.2, 0) is 4.79 Å². The van der Waals surface area contributed by atoms with Gasteiger partial charge in [-0.3, -0.25) is 9.79 Å². The molecule has 0 spiro atoms. The molecule has 2 fully saturated rings. The number of carbonyl (C=O) groups is 1. The van der Waals surface area contributed by atoms with Crippen molar-refractivity contribution >= 4 is 22.8 Å². The molecule has 0 aromatic carbocycles. The Hall–Kier alpha value is -0.710. The standard InChI is InChI=1S/C9H15N3OS/c1-6-5-14-9(11-6)12-7-2-3-8(13)10-4-7/h6-7H,2-5H2,1H3,(H,10,13)(H,11,12). The number of nitrogens with zero attached hydrogens (tertiary/aromatic N) is 1. The van der Waals surface area contributed by atoms with Crippen molar-refractivity contribution in [3.05, 3.63) is 0 Å². The maximum atomic E-state index is 10.9. The molecular weight excluding hydrogens is 198 g/mol. The van der Waals surface area contributed by atoms with Gasteiger partial charge in [-0.05, 0) is 13.3 Å². The van der Waals surface area contributed by atoms with E-state index in [0.29, 0.717) is 19.0 Å². The number of piperidine rings is 1. The molecule has 0 radical (unpaired) electrons. The lowest BCUT2D eigenvalue weighted by Gasteiger charge is -2.19. The van der Waals surface area contributed by atoms with Gasteiger partial charge in [-0.15, -0.1) is 0 Å². The zero-order valence-electron chi connectivity index (χ0n) is 8.25. The Morgan fingerprint density at radius 2 is 2.43 bits per heavy atom. The van der Waals surface area contributed by atoms with E-state index >= 15 is 0 Å². The largest absolute Gasteiger partial charge is 0.362 e. The third-order valence-electron chi connectivity index (χ3n) is 2.38. The lowest BCUT2D eigenvalue weighted by atomic mass is 10.1. The summed E-state index contributed by atoms with van der Waals surface area (Å²) in [5.41, 5.74) is 0. The van der Waals surface area contributed by atoms with Gasteiger partial charge in [0, 0.05) is 24.8 Å². The molecule has 0 aromatic heterocycles. The van der Waals surface area contributed by atoms with Crippen LogP contribution >= 0.6 is 11.8 Å². The SMILES string of the molecule is CC1CSC(=NC2CCC(=O)NC2)N1. The van der Waals surface area contributed by atoms with E-state index in [2.05, 4.69) is 22.5 Å². The van der Waals surface area contributed by atoms with Crippen molar-refractivity contribution < 1.29 is 4.79 Å². The van der Waals surface area contributed by atoms with E-state index in [9.17, 15) is 4.79 Å². The highest BCUT2D eigenvalue weighted by molar-refractivity contribution is 8.14. The van der Waals surface area contributed by atoms with E-state index in [4.69, 9.17) is 0 Å². The van der Waals surface area contributed by atoms with Crippen LogP contribution in [0.1, 0.15) is 19.8 Å². The fourth-order valence-electron chi connectivity index (χ4n) is 1.57. The van der Waals surface area contributed by atoms with Crippen molar-refractivity contribution in [1.82, 2.24) is 10.6 Å². The molecule has 1 amide bonds. The van der Waals surface area contributed by atoms with Crippen molar-refractivity contribution in [3.8, 4) is 0 Å². The number of amides is 1. The Morgan fingerprint density at radius 3 is 3.00 bits per heavy atom. The minimum atomic E-state index is 0.154. The highest BCUT2D eigenvalue weighted by Gasteiger charge is 2.20. The van der Waals surface area contributed by atoms with Crippen LogP contribution in [0.3, 0.4) is 0 Å². The fourth-order valence-corrected chi connectivity index (χ4v) is 2.57. The molecule has 5 heteroatoms. The summed E-state index contributed by atoms with van der Waals surface area (Å²) < 4.78 is 0. The summed E-state index contributed by atoms with van der Waals surface area (Å²) in [7, 11) is 0. The average Bonchev–Trinajstić information content (AvgIpc) is 2.56. The average molecular weight is 213 g/mol. The van der Waals surface area contributed by atoms with Gasteiger partial charge in [-0.2, -0.15) is 0 Å². The summed E-state index contributed by atoms with van der Waals surface area (Å²) in [6, 6.07) is 0.796. The molecule has 4 nitrogen and oxygen atoms in total. The van der Waals surface area contributed by atoms with Crippen molar-refractivity contribution in [2.75, 3.05) is 12.3 Å². The lowest BCUT2D eigenvalue weighted by molar-refractivity contribution is -0.122. The van der Waals surface area contributed by atoms with E-state index in [1.165, 1.54) is 0 Å². The second kappa shape index (κ2) is 4.21. The Kier molecular flexibility index (Phi) is 2.96. The minimum absolute atomic E-state index is 0.154. The number of thioether (sulfide) groups is 1. The summed E-state index contributed by atoms with van der Waals surface area (Å²) in [5.74, 6) is 1.25. The van der Waals surface area contributed by atoms with Crippen LogP contribution in [0.25, 0.3) is 0 Å². The van der Waals surface area contributed by atoms with Gasteiger partial charge >= 0.3 is 0 Å². The molecule has 14 heavy (non-hydrogen) atoms. The van der Waals surface area contributed by atoms with Gasteiger partial charge < -0.3 is 10.6 Å².